The number of carbonyl (C=O) groups is 1. The first-order valence-electron chi connectivity index (χ1n) is 7.18. The van der Waals surface area contributed by atoms with Gasteiger partial charge in [-0.2, -0.15) is 5.26 Å². The Balaban J connectivity index is 1.59. The summed E-state index contributed by atoms with van der Waals surface area (Å²) < 4.78 is 5.43. The van der Waals surface area contributed by atoms with Crippen LogP contribution in [0.15, 0.2) is 28.7 Å². The van der Waals surface area contributed by atoms with Gasteiger partial charge in [0.25, 0.3) is 0 Å². The maximum Gasteiger partial charge on any atom is 0.322 e. The second-order valence-electron chi connectivity index (χ2n) is 5.38. The summed E-state index contributed by atoms with van der Waals surface area (Å²) in [5, 5.41) is 19.7. The molecule has 118 valence electrons. The molecule has 0 saturated carbocycles. The third kappa shape index (κ3) is 3.79. The molecule has 1 amide bonds. The van der Waals surface area contributed by atoms with Crippen molar-refractivity contribution < 1.29 is 9.21 Å². The summed E-state index contributed by atoms with van der Waals surface area (Å²) in [6, 6.07) is 7.08. The number of hydrogen-bond donors (Lipinski definition) is 1. The lowest BCUT2D eigenvalue weighted by Crippen LogP contribution is -2.19. The number of amides is 1. The van der Waals surface area contributed by atoms with Crippen molar-refractivity contribution in [2.75, 3.05) is 18.4 Å². The molecule has 8 heteroatoms. The van der Waals surface area contributed by atoms with E-state index in [4.69, 9.17) is 21.3 Å². The third-order valence-electron chi connectivity index (χ3n) is 3.64. The predicted octanol–water partition coefficient (Wildman–Crippen LogP) is 2.52. The highest BCUT2D eigenvalue weighted by Gasteiger charge is 2.24. The van der Waals surface area contributed by atoms with Gasteiger partial charge in [-0.25, -0.2) is 0 Å². The number of carbonyl (C=O) groups excluding carboxylic acids is 1. The molecule has 7 nitrogen and oxygen atoms in total. The SMILES string of the molecule is N#CN1CCC(CC(=O)Nc2nnc(-c3cccc(Cl)c3)o2)C1. The number of nitriles is 1. The topological polar surface area (TPSA) is 95.1 Å². The molecule has 1 fully saturated rings. The number of rotatable bonds is 4. The van der Waals surface area contributed by atoms with E-state index in [9.17, 15) is 4.79 Å². The monoisotopic (exact) mass is 331 g/mol. The molecule has 1 unspecified atom stereocenters. The number of likely N-dealkylation sites (tertiary alicyclic amines) is 1. The summed E-state index contributed by atoms with van der Waals surface area (Å²) in [6.45, 7) is 1.31. The highest BCUT2D eigenvalue weighted by molar-refractivity contribution is 6.30. The largest absolute Gasteiger partial charge is 0.403 e. The second kappa shape index (κ2) is 6.67. The van der Waals surface area contributed by atoms with Gasteiger partial charge in [-0.3, -0.25) is 10.1 Å². The number of anilines is 1. The van der Waals surface area contributed by atoms with Gasteiger partial charge in [0, 0.05) is 30.1 Å². The summed E-state index contributed by atoms with van der Waals surface area (Å²) in [4.78, 5) is 13.7. The first kappa shape index (κ1) is 15.3. The smallest absolute Gasteiger partial charge is 0.322 e. The first-order valence-corrected chi connectivity index (χ1v) is 7.56. The van der Waals surface area contributed by atoms with E-state index in [1.165, 1.54) is 0 Å². The molecule has 1 aliphatic heterocycles. The van der Waals surface area contributed by atoms with Gasteiger partial charge in [0.05, 0.1) is 0 Å². The highest BCUT2D eigenvalue weighted by Crippen LogP contribution is 2.23. The zero-order valence-corrected chi connectivity index (χ0v) is 13.0. The van der Waals surface area contributed by atoms with E-state index in [1.54, 1.807) is 29.2 Å². The molecule has 1 aromatic carbocycles. The lowest BCUT2D eigenvalue weighted by atomic mass is 10.1. The van der Waals surface area contributed by atoms with Crippen molar-refractivity contribution in [1.82, 2.24) is 15.1 Å². The molecule has 0 aliphatic carbocycles. The molecule has 2 heterocycles. The average Bonchev–Trinajstić information content (AvgIpc) is 3.16. The van der Waals surface area contributed by atoms with E-state index in [2.05, 4.69) is 21.7 Å². The van der Waals surface area contributed by atoms with E-state index < -0.39 is 0 Å². The minimum atomic E-state index is -0.198. The Labute approximate surface area is 137 Å². The van der Waals surface area contributed by atoms with E-state index >= 15 is 0 Å². The Bertz CT molecular complexity index is 754. The van der Waals surface area contributed by atoms with E-state index in [0.717, 1.165) is 6.42 Å². The Kier molecular flexibility index (Phi) is 4.44. The maximum atomic E-state index is 12.0. The van der Waals surface area contributed by atoms with Gasteiger partial charge in [0.1, 0.15) is 0 Å². The van der Waals surface area contributed by atoms with Crippen LogP contribution in [0.5, 0.6) is 0 Å². The summed E-state index contributed by atoms with van der Waals surface area (Å²) >= 11 is 5.92. The van der Waals surface area contributed by atoms with Crippen LogP contribution in [-0.2, 0) is 4.79 Å². The lowest BCUT2D eigenvalue weighted by Gasteiger charge is -2.08. The molecule has 0 spiro atoms. The Morgan fingerprint density at radius 2 is 2.39 bits per heavy atom. The molecule has 23 heavy (non-hydrogen) atoms. The highest BCUT2D eigenvalue weighted by atomic mass is 35.5. The molecule has 0 bridgehead atoms. The lowest BCUT2D eigenvalue weighted by molar-refractivity contribution is -0.117. The number of benzene rings is 1. The minimum Gasteiger partial charge on any atom is -0.403 e. The molecule has 1 N–H and O–H groups in total. The van der Waals surface area contributed by atoms with Crippen molar-refractivity contribution in [3.05, 3.63) is 29.3 Å². The molecule has 0 radical (unpaired) electrons. The van der Waals surface area contributed by atoms with Gasteiger partial charge >= 0.3 is 6.01 Å². The summed E-state index contributed by atoms with van der Waals surface area (Å²) in [6.07, 6.45) is 3.25. The van der Waals surface area contributed by atoms with Gasteiger partial charge in [-0.15, -0.1) is 5.10 Å². The van der Waals surface area contributed by atoms with E-state index in [-0.39, 0.29) is 17.8 Å². The zero-order valence-electron chi connectivity index (χ0n) is 12.2. The van der Waals surface area contributed by atoms with Gasteiger partial charge in [-0.1, -0.05) is 22.8 Å². The van der Waals surface area contributed by atoms with Crippen LogP contribution < -0.4 is 5.32 Å². The van der Waals surface area contributed by atoms with Crippen molar-refractivity contribution in [3.8, 4) is 17.6 Å². The number of halogens is 1. The van der Waals surface area contributed by atoms with E-state index in [1.807, 2.05) is 0 Å². The van der Waals surface area contributed by atoms with Crippen molar-refractivity contribution in [2.45, 2.75) is 12.8 Å². The molecule has 1 aliphatic rings. The van der Waals surface area contributed by atoms with Crippen LogP contribution in [0.1, 0.15) is 12.8 Å². The quantitative estimate of drug-likeness (QED) is 0.865. The molecule has 2 aromatic rings. The average molecular weight is 332 g/mol. The molecular formula is C15H14ClN5O2. The van der Waals surface area contributed by atoms with Crippen LogP contribution in [0.2, 0.25) is 5.02 Å². The van der Waals surface area contributed by atoms with Crippen LogP contribution in [0.4, 0.5) is 6.01 Å². The van der Waals surface area contributed by atoms with Gasteiger partial charge in [-0.05, 0) is 30.5 Å². The predicted molar refractivity (Wildman–Crippen MR) is 83.3 cm³/mol. The van der Waals surface area contributed by atoms with Crippen molar-refractivity contribution in [2.24, 2.45) is 5.92 Å². The molecule has 1 atom stereocenters. The van der Waals surface area contributed by atoms with Crippen molar-refractivity contribution in [3.63, 3.8) is 0 Å². The van der Waals surface area contributed by atoms with Crippen LogP contribution in [0, 0.1) is 17.4 Å². The Hall–Kier alpha value is -2.59. The van der Waals surface area contributed by atoms with Gasteiger partial charge in [0.15, 0.2) is 6.19 Å². The minimum absolute atomic E-state index is 0.0557. The van der Waals surface area contributed by atoms with Gasteiger partial charge in [0.2, 0.25) is 11.8 Å². The fraction of sp³-hybridized carbons (Fsp3) is 0.333. The molecule has 1 aromatic heterocycles. The molecule has 3 rings (SSSR count). The molecular weight excluding hydrogens is 318 g/mol. The number of nitrogens with zero attached hydrogens (tertiary/aromatic N) is 4. The fourth-order valence-corrected chi connectivity index (χ4v) is 2.72. The van der Waals surface area contributed by atoms with Crippen LogP contribution in [0.25, 0.3) is 11.5 Å². The van der Waals surface area contributed by atoms with Gasteiger partial charge < -0.3 is 9.32 Å². The van der Waals surface area contributed by atoms with E-state index in [0.29, 0.717) is 36.0 Å². The van der Waals surface area contributed by atoms with Crippen molar-refractivity contribution >= 4 is 23.5 Å². The van der Waals surface area contributed by atoms with Crippen LogP contribution in [0.3, 0.4) is 0 Å². The van der Waals surface area contributed by atoms with Crippen molar-refractivity contribution in [1.29, 1.82) is 5.26 Å². The summed E-state index contributed by atoms with van der Waals surface area (Å²) in [7, 11) is 0. The second-order valence-corrected chi connectivity index (χ2v) is 5.81. The Morgan fingerprint density at radius 3 is 3.13 bits per heavy atom. The number of aromatic nitrogens is 2. The number of nitrogens with one attached hydrogen (secondary N) is 1. The zero-order chi connectivity index (χ0) is 16.2. The van der Waals surface area contributed by atoms with Crippen LogP contribution in [-0.4, -0.2) is 34.1 Å². The normalized spacial score (nSPS) is 17.0. The summed E-state index contributed by atoms with van der Waals surface area (Å²) in [5.74, 6) is 0.264. The number of hydrogen-bond acceptors (Lipinski definition) is 6. The molecule has 1 saturated heterocycles. The standard InChI is InChI=1S/C15H14ClN5O2/c16-12-3-1-2-11(7-12)14-19-20-15(23-14)18-13(22)6-10-4-5-21(8-10)9-17/h1-3,7,10H,4-6,8H2,(H,18,20,22). The first-order chi connectivity index (χ1) is 11.1. The fourth-order valence-electron chi connectivity index (χ4n) is 2.53. The Morgan fingerprint density at radius 1 is 1.52 bits per heavy atom. The van der Waals surface area contributed by atoms with Crippen LogP contribution >= 0.6 is 11.6 Å². The third-order valence-corrected chi connectivity index (χ3v) is 3.88. The summed E-state index contributed by atoms with van der Waals surface area (Å²) in [5.41, 5.74) is 0.686. The maximum absolute atomic E-state index is 12.0.